The molecule has 1 saturated carbocycles. The third kappa shape index (κ3) is 2.52. The van der Waals surface area contributed by atoms with Crippen molar-refractivity contribution in [1.29, 1.82) is 0 Å². The fourth-order valence-corrected chi connectivity index (χ4v) is 2.20. The highest BCUT2D eigenvalue weighted by molar-refractivity contribution is 5.90. The van der Waals surface area contributed by atoms with Crippen molar-refractivity contribution in [2.24, 2.45) is 0 Å². The summed E-state index contributed by atoms with van der Waals surface area (Å²) in [6, 6.07) is 5.63. The van der Waals surface area contributed by atoms with Crippen molar-refractivity contribution < 1.29 is 14.6 Å². The minimum Gasteiger partial charge on any atom is -0.486 e. The minimum absolute atomic E-state index is 0.188. The molecule has 1 aliphatic rings. The van der Waals surface area contributed by atoms with Gasteiger partial charge in [0.25, 0.3) is 0 Å². The molecule has 1 heterocycles. The number of imidazole rings is 1. The zero-order valence-electron chi connectivity index (χ0n) is 11.2. The molecule has 5 heteroatoms. The molecule has 0 bridgehead atoms. The third-order valence-electron chi connectivity index (χ3n) is 3.43. The molecule has 20 heavy (non-hydrogen) atoms. The summed E-state index contributed by atoms with van der Waals surface area (Å²) in [6.07, 6.45) is 5.93. The number of hydrogen-bond donors (Lipinski definition) is 1. The van der Waals surface area contributed by atoms with Crippen LogP contribution in [0.25, 0.3) is 0 Å². The Morgan fingerprint density at radius 1 is 1.50 bits per heavy atom. The monoisotopic (exact) mass is 272 g/mol. The molecular formula is C15H16N2O3. The smallest absolute Gasteiger partial charge is 0.339 e. The largest absolute Gasteiger partial charge is 0.486 e. The molecule has 1 aliphatic carbocycles. The summed E-state index contributed by atoms with van der Waals surface area (Å²) in [6.45, 7) is 2.24. The van der Waals surface area contributed by atoms with Gasteiger partial charge < -0.3 is 14.4 Å². The van der Waals surface area contributed by atoms with Crippen LogP contribution in [-0.2, 0) is 6.61 Å². The van der Waals surface area contributed by atoms with Crippen LogP contribution in [0.5, 0.6) is 5.75 Å². The van der Waals surface area contributed by atoms with Gasteiger partial charge in [-0.25, -0.2) is 9.78 Å². The first kappa shape index (κ1) is 12.7. The number of nitrogens with zero attached hydrogens (tertiary/aromatic N) is 2. The number of rotatable bonds is 5. The fourth-order valence-electron chi connectivity index (χ4n) is 2.20. The predicted octanol–water partition coefficient (Wildman–Crippen LogP) is 2.80. The third-order valence-corrected chi connectivity index (χ3v) is 3.43. The van der Waals surface area contributed by atoms with Gasteiger partial charge in [0.15, 0.2) is 0 Å². The SMILES string of the molecule is Cc1ccc(C(=O)O)c(OCc2cncn2C2CC2)c1. The highest BCUT2D eigenvalue weighted by Gasteiger charge is 2.25. The van der Waals surface area contributed by atoms with Crippen molar-refractivity contribution in [2.75, 3.05) is 0 Å². The number of carboxylic acid groups (broad SMARTS) is 1. The number of aromatic carboxylic acids is 1. The average molecular weight is 272 g/mol. The van der Waals surface area contributed by atoms with Gasteiger partial charge in [-0.2, -0.15) is 0 Å². The summed E-state index contributed by atoms with van der Waals surface area (Å²) in [5, 5.41) is 9.17. The Morgan fingerprint density at radius 2 is 2.30 bits per heavy atom. The van der Waals surface area contributed by atoms with E-state index >= 15 is 0 Å². The van der Waals surface area contributed by atoms with E-state index in [-0.39, 0.29) is 5.56 Å². The summed E-state index contributed by atoms with van der Waals surface area (Å²) >= 11 is 0. The van der Waals surface area contributed by atoms with E-state index < -0.39 is 5.97 Å². The van der Waals surface area contributed by atoms with Gasteiger partial charge in [-0.1, -0.05) is 6.07 Å². The van der Waals surface area contributed by atoms with Crippen LogP contribution < -0.4 is 4.74 Å². The van der Waals surface area contributed by atoms with Crippen LogP contribution in [-0.4, -0.2) is 20.6 Å². The van der Waals surface area contributed by atoms with Crippen molar-refractivity contribution in [3.05, 3.63) is 47.5 Å². The molecule has 0 spiro atoms. The molecule has 2 aromatic rings. The molecule has 0 saturated heterocycles. The summed E-state index contributed by atoms with van der Waals surface area (Å²) in [5.41, 5.74) is 2.14. The molecule has 0 atom stereocenters. The Labute approximate surface area is 116 Å². The molecule has 1 N–H and O–H groups in total. The first-order valence-electron chi connectivity index (χ1n) is 6.62. The van der Waals surface area contributed by atoms with E-state index in [2.05, 4.69) is 9.55 Å². The van der Waals surface area contributed by atoms with Crippen molar-refractivity contribution >= 4 is 5.97 Å². The van der Waals surface area contributed by atoms with E-state index in [9.17, 15) is 4.79 Å². The zero-order valence-corrected chi connectivity index (χ0v) is 11.2. The summed E-state index contributed by atoms with van der Waals surface area (Å²) < 4.78 is 7.81. The van der Waals surface area contributed by atoms with Crippen LogP contribution in [0.3, 0.4) is 0 Å². The highest BCUT2D eigenvalue weighted by atomic mass is 16.5. The molecule has 0 radical (unpaired) electrons. The summed E-state index contributed by atoms with van der Waals surface area (Å²) in [7, 11) is 0. The lowest BCUT2D eigenvalue weighted by molar-refractivity contribution is 0.0691. The van der Waals surface area contributed by atoms with Gasteiger partial charge in [0.2, 0.25) is 0 Å². The second-order valence-corrected chi connectivity index (χ2v) is 5.12. The number of aryl methyl sites for hydroxylation is 1. The number of benzene rings is 1. The van der Waals surface area contributed by atoms with Gasteiger partial charge in [-0.3, -0.25) is 0 Å². The molecule has 0 aliphatic heterocycles. The highest BCUT2D eigenvalue weighted by Crippen LogP contribution is 2.35. The van der Waals surface area contributed by atoms with Gasteiger partial charge in [0.05, 0.1) is 18.2 Å². The fraction of sp³-hybridized carbons (Fsp3) is 0.333. The van der Waals surface area contributed by atoms with Crippen LogP contribution in [0.15, 0.2) is 30.7 Å². The van der Waals surface area contributed by atoms with Crippen LogP contribution in [0.2, 0.25) is 0 Å². The Hall–Kier alpha value is -2.30. The molecule has 3 rings (SSSR count). The Balaban J connectivity index is 1.79. The first-order valence-corrected chi connectivity index (χ1v) is 6.62. The predicted molar refractivity (Wildman–Crippen MR) is 73.0 cm³/mol. The van der Waals surface area contributed by atoms with Crippen LogP contribution in [0.4, 0.5) is 0 Å². The van der Waals surface area contributed by atoms with Crippen molar-refractivity contribution in [3.8, 4) is 5.75 Å². The first-order chi connectivity index (χ1) is 9.65. The Kier molecular flexibility index (Phi) is 3.18. The maximum absolute atomic E-state index is 11.2. The van der Waals surface area contributed by atoms with Gasteiger partial charge in [0.1, 0.15) is 17.9 Å². The van der Waals surface area contributed by atoms with Crippen molar-refractivity contribution in [2.45, 2.75) is 32.4 Å². The summed E-state index contributed by atoms with van der Waals surface area (Å²) in [5.74, 6) is -0.572. The lowest BCUT2D eigenvalue weighted by atomic mass is 10.1. The summed E-state index contributed by atoms with van der Waals surface area (Å²) in [4.78, 5) is 15.3. The minimum atomic E-state index is -0.976. The number of carbonyl (C=O) groups is 1. The molecule has 104 valence electrons. The van der Waals surface area contributed by atoms with Crippen molar-refractivity contribution in [1.82, 2.24) is 9.55 Å². The lowest BCUT2D eigenvalue weighted by Crippen LogP contribution is -2.07. The number of ether oxygens (including phenoxy) is 1. The normalized spacial score (nSPS) is 14.2. The second-order valence-electron chi connectivity index (χ2n) is 5.12. The van der Waals surface area contributed by atoms with Crippen molar-refractivity contribution in [3.63, 3.8) is 0 Å². The van der Waals surface area contributed by atoms with E-state index in [4.69, 9.17) is 9.84 Å². The van der Waals surface area contributed by atoms with Gasteiger partial charge in [-0.05, 0) is 37.5 Å². The average Bonchev–Trinajstić information content (AvgIpc) is 3.15. The Morgan fingerprint density at radius 3 is 3.00 bits per heavy atom. The quantitative estimate of drug-likeness (QED) is 0.909. The van der Waals surface area contributed by atoms with Gasteiger partial charge >= 0.3 is 5.97 Å². The van der Waals surface area contributed by atoms with Gasteiger partial charge in [0, 0.05) is 6.04 Å². The topological polar surface area (TPSA) is 64.3 Å². The zero-order chi connectivity index (χ0) is 14.1. The second kappa shape index (κ2) is 5.00. The Bertz CT molecular complexity index is 644. The van der Waals surface area contributed by atoms with E-state index in [1.54, 1.807) is 24.4 Å². The maximum atomic E-state index is 11.2. The lowest BCUT2D eigenvalue weighted by Gasteiger charge is -2.11. The van der Waals surface area contributed by atoms with E-state index in [1.807, 2.05) is 13.3 Å². The number of carboxylic acids is 1. The molecule has 5 nitrogen and oxygen atoms in total. The number of hydrogen-bond acceptors (Lipinski definition) is 3. The molecule has 1 fully saturated rings. The van der Waals surface area contributed by atoms with E-state index in [0.717, 1.165) is 11.3 Å². The molecule has 1 aromatic heterocycles. The van der Waals surface area contributed by atoms with Crippen LogP contribution in [0, 0.1) is 6.92 Å². The molecule has 1 aromatic carbocycles. The molecule has 0 amide bonds. The standard InChI is InChI=1S/C15H16N2O3/c1-10-2-5-13(15(18)19)14(6-10)20-8-12-7-16-9-17(12)11-3-4-11/h2,5-7,9,11H,3-4,8H2,1H3,(H,18,19). The van der Waals surface area contributed by atoms with Crippen LogP contribution in [0.1, 0.15) is 40.5 Å². The van der Waals surface area contributed by atoms with Crippen LogP contribution >= 0.6 is 0 Å². The number of aromatic nitrogens is 2. The maximum Gasteiger partial charge on any atom is 0.339 e. The van der Waals surface area contributed by atoms with Gasteiger partial charge in [-0.15, -0.1) is 0 Å². The van der Waals surface area contributed by atoms with E-state index in [1.165, 1.54) is 12.8 Å². The molecular weight excluding hydrogens is 256 g/mol. The molecule has 0 unspecified atom stereocenters. The van der Waals surface area contributed by atoms with E-state index in [0.29, 0.717) is 18.4 Å².